The Labute approximate surface area is 223 Å². The molecule has 204 valence electrons. The smallest absolute Gasteiger partial charge is 0.240 e. The van der Waals surface area contributed by atoms with Gasteiger partial charge in [0.2, 0.25) is 10.0 Å². The maximum Gasteiger partial charge on any atom is 0.240 e. The minimum atomic E-state index is -3.70. The summed E-state index contributed by atoms with van der Waals surface area (Å²) in [6.07, 6.45) is 3.57. The van der Waals surface area contributed by atoms with Crippen LogP contribution in [0.15, 0.2) is 41.3 Å². The quantitative estimate of drug-likeness (QED) is 0.366. The molecule has 8 nitrogen and oxygen atoms in total. The molecule has 0 spiro atoms. The number of fused-ring (bicyclic) bond motifs is 1. The van der Waals surface area contributed by atoms with Crippen molar-refractivity contribution in [3.05, 3.63) is 58.4 Å². The molecule has 2 aliphatic rings. The topological polar surface area (TPSA) is 103 Å². The summed E-state index contributed by atoms with van der Waals surface area (Å²) < 4.78 is 59.5. The molecule has 0 radical (unpaired) electrons. The summed E-state index contributed by atoms with van der Waals surface area (Å²) in [5.74, 6) is 0.204. The van der Waals surface area contributed by atoms with Gasteiger partial charge in [-0.2, -0.15) is 0 Å². The molecule has 0 amide bonds. The number of hydrogen-bond donors (Lipinski definition) is 2. The van der Waals surface area contributed by atoms with E-state index in [4.69, 9.17) is 31.5 Å². The number of ether oxygens (including phenoxy) is 3. The summed E-state index contributed by atoms with van der Waals surface area (Å²) >= 11 is 6.19. The molecule has 2 atom stereocenters. The standard InChI is InChI=1S/C26H35ClFN3O5S/c27-19-16-23-22(24(28)17-19)18-25(31-10-2-1-3-11-31)26(23)36-20-4-6-21(7-5-20)37(32,33)30-9-13-35-15-14-34-12-8-29/h4-7,16-17,25-26,30H,1-3,8-15,18,29H2/t25-,26-/m0/s1. The molecule has 0 unspecified atom stereocenters. The van der Waals surface area contributed by atoms with Crippen molar-refractivity contribution in [2.75, 3.05) is 52.6 Å². The molecular formula is C26H35ClFN3O5S. The predicted molar refractivity (Wildman–Crippen MR) is 140 cm³/mol. The van der Waals surface area contributed by atoms with Crippen LogP contribution in [-0.4, -0.2) is 72.0 Å². The van der Waals surface area contributed by atoms with Gasteiger partial charge in [-0.05, 0) is 74.3 Å². The first-order valence-corrected chi connectivity index (χ1v) is 14.6. The SMILES string of the molecule is NCCOCCOCCNS(=O)(=O)c1ccc(O[C@H]2c3cc(Cl)cc(F)c3C[C@@H]2N2CCCCC2)cc1. The van der Waals surface area contributed by atoms with Crippen LogP contribution in [0.2, 0.25) is 5.02 Å². The number of sulfonamides is 1. The Morgan fingerprint density at radius 1 is 1.03 bits per heavy atom. The van der Waals surface area contributed by atoms with E-state index in [-0.39, 0.29) is 29.9 Å². The molecule has 1 heterocycles. The van der Waals surface area contributed by atoms with Crippen molar-refractivity contribution >= 4 is 21.6 Å². The number of nitrogens with zero attached hydrogens (tertiary/aromatic N) is 1. The summed E-state index contributed by atoms with van der Waals surface area (Å²) in [5, 5.41) is 0.337. The van der Waals surface area contributed by atoms with Crippen LogP contribution in [0.25, 0.3) is 0 Å². The number of rotatable bonds is 13. The number of nitrogens with one attached hydrogen (secondary N) is 1. The van der Waals surface area contributed by atoms with Crippen molar-refractivity contribution in [2.24, 2.45) is 5.73 Å². The molecular weight excluding hydrogens is 521 g/mol. The third kappa shape index (κ3) is 7.41. The first-order valence-electron chi connectivity index (χ1n) is 12.7. The van der Waals surface area contributed by atoms with Crippen molar-refractivity contribution in [2.45, 2.75) is 42.7 Å². The fourth-order valence-electron chi connectivity index (χ4n) is 4.91. The first-order chi connectivity index (χ1) is 17.9. The minimum absolute atomic E-state index is 0.00551. The molecule has 3 N–H and O–H groups in total. The largest absolute Gasteiger partial charge is 0.484 e. The molecule has 2 aromatic carbocycles. The zero-order valence-corrected chi connectivity index (χ0v) is 22.4. The summed E-state index contributed by atoms with van der Waals surface area (Å²) in [6.45, 7) is 3.95. The molecule has 1 aliphatic heterocycles. The number of nitrogens with two attached hydrogens (primary N) is 1. The van der Waals surface area contributed by atoms with Gasteiger partial charge in [0.25, 0.3) is 0 Å². The van der Waals surface area contributed by atoms with Crippen LogP contribution in [0.4, 0.5) is 4.39 Å². The number of hydrogen-bond acceptors (Lipinski definition) is 7. The maximum absolute atomic E-state index is 14.8. The highest BCUT2D eigenvalue weighted by Crippen LogP contribution is 2.41. The molecule has 37 heavy (non-hydrogen) atoms. The second kappa shape index (κ2) is 13.3. The van der Waals surface area contributed by atoms with Gasteiger partial charge >= 0.3 is 0 Å². The molecule has 0 saturated carbocycles. The molecule has 1 aliphatic carbocycles. The van der Waals surface area contributed by atoms with Crippen molar-refractivity contribution in [1.29, 1.82) is 0 Å². The molecule has 0 aromatic heterocycles. The number of piperidine rings is 1. The average molecular weight is 556 g/mol. The van der Waals surface area contributed by atoms with Crippen molar-refractivity contribution in [1.82, 2.24) is 9.62 Å². The summed E-state index contributed by atoms with van der Waals surface area (Å²) in [7, 11) is -3.70. The van der Waals surface area contributed by atoms with Gasteiger partial charge in [-0.1, -0.05) is 18.0 Å². The highest BCUT2D eigenvalue weighted by Gasteiger charge is 2.40. The molecule has 1 fully saturated rings. The Balaban J connectivity index is 1.39. The number of halogens is 2. The van der Waals surface area contributed by atoms with Gasteiger partial charge in [0.1, 0.15) is 17.7 Å². The van der Waals surface area contributed by atoms with Crippen LogP contribution in [0, 0.1) is 5.82 Å². The zero-order valence-electron chi connectivity index (χ0n) is 20.8. The number of likely N-dealkylation sites (tertiary alicyclic amines) is 1. The van der Waals surface area contributed by atoms with Gasteiger partial charge in [0.05, 0.1) is 37.4 Å². The van der Waals surface area contributed by atoms with Crippen molar-refractivity contribution in [3.8, 4) is 5.75 Å². The normalized spacial score (nSPS) is 20.2. The Bertz CT molecular complexity index is 1130. The van der Waals surface area contributed by atoms with E-state index in [1.807, 2.05) is 0 Å². The predicted octanol–water partition coefficient (Wildman–Crippen LogP) is 3.28. The first kappa shape index (κ1) is 28.2. The highest BCUT2D eigenvalue weighted by molar-refractivity contribution is 7.89. The third-order valence-electron chi connectivity index (χ3n) is 6.69. The van der Waals surface area contributed by atoms with Crippen molar-refractivity contribution < 1.29 is 27.0 Å². The Morgan fingerprint density at radius 3 is 2.43 bits per heavy atom. The van der Waals surface area contributed by atoms with Gasteiger partial charge in [-0.15, -0.1) is 0 Å². The van der Waals surface area contributed by atoms with E-state index < -0.39 is 16.1 Å². The van der Waals surface area contributed by atoms with Crippen LogP contribution in [0.1, 0.15) is 36.5 Å². The zero-order chi connectivity index (χ0) is 26.3. The van der Waals surface area contributed by atoms with Crippen LogP contribution < -0.4 is 15.2 Å². The second-order valence-electron chi connectivity index (χ2n) is 9.24. The molecule has 0 bridgehead atoms. The van der Waals surface area contributed by atoms with E-state index in [9.17, 15) is 12.8 Å². The summed E-state index contributed by atoms with van der Waals surface area (Å²) in [5.41, 5.74) is 6.74. The fraction of sp³-hybridized carbons (Fsp3) is 0.538. The Morgan fingerprint density at radius 2 is 1.73 bits per heavy atom. The molecule has 1 saturated heterocycles. The number of benzene rings is 2. The van der Waals surface area contributed by atoms with Crippen LogP contribution in [-0.2, 0) is 25.9 Å². The van der Waals surface area contributed by atoms with Gasteiger partial charge in [-0.3, -0.25) is 4.90 Å². The maximum atomic E-state index is 14.8. The fourth-order valence-corrected chi connectivity index (χ4v) is 6.14. The lowest BCUT2D eigenvalue weighted by atomic mass is 10.0. The lowest BCUT2D eigenvalue weighted by Crippen LogP contribution is -2.43. The third-order valence-corrected chi connectivity index (χ3v) is 8.39. The van der Waals surface area contributed by atoms with Crippen LogP contribution >= 0.6 is 11.6 Å². The monoisotopic (exact) mass is 555 g/mol. The lowest BCUT2D eigenvalue weighted by Gasteiger charge is -2.35. The van der Waals surface area contributed by atoms with E-state index in [2.05, 4.69) is 9.62 Å². The van der Waals surface area contributed by atoms with Gasteiger partial charge in [0.15, 0.2) is 0 Å². The van der Waals surface area contributed by atoms with Gasteiger partial charge in [0, 0.05) is 23.7 Å². The summed E-state index contributed by atoms with van der Waals surface area (Å²) in [6, 6.07) is 9.40. The summed E-state index contributed by atoms with van der Waals surface area (Å²) in [4.78, 5) is 2.50. The Kier molecular flexibility index (Phi) is 10.2. The van der Waals surface area contributed by atoms with Crippen LogP contribution in [0.5, 0.6) is 5.75 Å². The van der Waals surface area contributed by atoms with Crippen LogP contribution in [0.3, 0.4) is 0 Å². The van der Waals surface area contributed by atoms with E-state index in [1.54, 1.807) is 18.2 Å². The highest BCUT2D eigenvalue weighted by atomic mass is 35.5. The van der Waals surface area contributed by atoms with E-state index >= 15 is 0 Å². The molecule has 11 heteroatoms. The molecule has 4 rings (SSSR count). The van der Waals surface area contributed by atoms with E-state index in [0.29, 0.717) is 49.1 Å². The Hall–Kier alpha value is -1.79. The lowest BCUT2D eigenvalue weighted by molar-refractivity contribution is 0.0530. The van der Waals surface area contributed by atoms with E-state index in [1.165, 1.54) is 24.6 Å². The van der Waals surface area contributed by atoms with Crippen molar-refractivity contribution in [3.63, 3.8) is 0 Å². The second-order valence-corrected chi connectivity index (χ2v) is 11.4. The van der Waals surface area contributed by atoms with Gasteiger partial charge in [-0.25, -0.2) is 17.5 Å². The average Bonchev–Trinajstić information content (AvgIpc) is 3.25. The van der Waals surface area contributed by atoms with Gasteiger partial charge < -0.3 is 19.9 Å². The van der Waals surface area contributed by atoms with E-state index in [0.717, 1.165) is 31.5 Å². The minimum Gasteiger partial charge on any atom is -0.484 e. The molecule has 2 aromatic rings.